The maximum Gasteiger partial charge on any atom is 0.305 e. The molecule has 6 heteroatoms. The van der Waals surface area contributed by atoms with E-state index in [9.17, 15) is 14.5 Å². The molecule has 0 aliphatic heterocycles. The van der Waals surface area contributed by atoms with E-state index in [1.807, 2.05) is 6.92 Å². The maximum atomic E-state index is 13.2. The summed E-state index contributed by atoms with van der Waals surface area (Å²) in [4.78, 5) is 9.60. The van der Waals surface area contributed by atoms with E-state index < -0.39 is 16.4 Å². The normalized spacial score (nSPS) is 12.2. The van der Waals surface area contributed by atoms with Crippen LogP contribution >= 0.6 is 15.9 Å². The van der Waals surface area contributed by atoms with Gasteiger partial charge >= 0.3 is 5.69 Å². The molecule has 0 spiro atoms. The van der Waals surface area contributed by atoms with Gasteiger partial charge in [-0.15, -0.1) is 0 Å². The lowest BCUT2D eigenvalue weighted by Crippen LogP contribution is -2.09. The average molecular weight is 292 g/mol. The fourth-order valence-corrected chi connectivity index (χ4v) is 1.20. The van der Waals surface area contributed by atoms with Crippen LogP contribution in [-0.2, 0) is 0 Å². The predicted molar refractivity (Wildman–Crippen MR) is 61.5 cm³/mol. The lowest BCUT2D eigenvalue weighted by atomic mass is 10.2. The smallest absolute Gasteiger partial charge is 0.305 e. The quantitative estimate of drug-likeness (QED) is 0.476. The van der Waals surface area contributed by atoms with Gasteiger partial charge in [-0.25, -0.2) is 0 Å². The molecule has 16 heavy (non-hydrogen) atoms. The molecule has 1 aromatic rings. The number of hydrogen-bond acceptors (Lipinski definition) is 3. The minimum Gasteiger partial charge on any atom is -0.493 e. The standard InChI is InChI=1S/C10H11BrFNO3/c1-7(5-11)6-16-8-2-3-10(13(14)15)9(12)4-8/h2-4,7H,5-6H2,1H3. The van der Waals surface area contributed by atoms with E-state index in [-0.39, 0.29) is 0 Å². The molecule has 0 amide bonds. The van der Waals surface area contributed by atoms with Crippen molar-refractivity contribution in [2.75, 3.05) is 11.9 Å². The van der Waals surface area contributed by atoms with Gasteiger partial charge in [-0.3, -0.25) is 10.1 Å². The molecule has 0 bridgehead atoms. The second-order valence-electron chi connectivity index (χ2n) is 3.44. The number of rotatable bonds is 5. The Balaban J connectivity index is 2.70. The van der Waals surface area contributed by atoms with Crippen LogP contribution in [0.15, 0.2) is 18.2 Å². The monoisotopic (exact) mass is 291 g/mol. The molecule has 1 atom stereocenters. The SMILES string of the molecule is CC(CBr)COc1ccc([N+](=O)[O-])c(F)c1. The number of hydrogen-bond donors (Lipinski definition) is 0. The molecule has 1 aromatic carbocycles. The number of benzene rings is 1. The Labute approximate surface area is 101 Å². The van der Waals surface area contributed by atoms with Crippen molar-refractivity contribution in [3.63, 3.8) is 0 Å². The summed E-state index contributed by atoms with van der Waals surface area (Å²) >= 11 is 3.29. The Hall–Kier alpha value is -1.17. The van der Waals surface area contributed by atoms with Gasteiger partial charge in [0.05, 0.1) is 11.5 Å². The van der Waals surface area contributed by atoms with Crippen LogP contribution in [0, 0.1) is 21.8 Å². The Morgan fingerprint density at radius 1 is 1.62 bits per heavy atom. The van der Waals surface area contributed by atoms with Gasteiger partial charge < -0.3 is 4.74 Å². The molecule has 0 aliphatic rings. The molecular formula is C10H11BrFNO3. The Bertz CT molecular complexity index is 386. The van der Waals surface area contributed by atoms with Crippen molar-refractivity contribution in [3.8, 4) is 5.75 Å². The van der Waals surface area contributed by atoms with Crippen LogP contribution in [0.4, 0.5) is 10.1 Å². The molecule has 0 fully saturated rings. The molecule has 0 saturated carbocycles. The number of ether oxygens (including phenoxy) is 1. The molecule has 88 valence electrons. The van der Waals surface area contributed by atoms with Crippen molar-refractivity contribution in [1.82, 2.24) is 0 Å². The molecule has 0 heterocycles. The zero-order valence-corrected chi connectivity index (χ0v) is 10.2. The summed E-state index contributed by atoms with van der Waals surface area (Å²) in [5.74, 6) is -0.289. The van der Waals surface area contributed by atoms with E-state index in [2.05, 4.69) is 15.9 Å². The minimum atomic E-state index is -0.881. The summed E-state index contributed by atoms with van der Waals surface area (Å²) in [5.41, 5.74) is -0.541. The topological polar surface area (TPSA) is 52.4 Å². The zero-order chi connectivity index (χ0) is 12.1. The highest BCUT2D eigenvalue weighted by Gasteiger charge is 2.14. The highest BCUT2D eigenvalue weighted by molar-refractivity contribution is 9.09. The van der Waals surface area contributed by atoms with E-state index in [0.717, 1.165) is 17.5 Å². The summed E-state index contributed by atoms with van der Waals surface area (Å²) in [7, 11) is 0. The Kier molecular flexibility index (Phi) is 4.67. The third-order valence-electron chi connectivity index (χ3n) is 1.91. The van der Waals surface area contributed by atoms with Gasteiger partial charge in [0.15, 0.2) is 0 Å². The fraction of sp³-hybridized carbons (Fsp3) is 0.400. The lowest BCUT2D eigenvalue weighted by molar-refractivity contribution is -0.387. The van der Waals surface area contributed by atoms with Crippen LogP contribution in [0.2, 0.25) is 0 Å². The van der Waals surface area contributed by atoms with Crippen molar-refractivity contribution in [1.29, 1.82) is 0 Å². The first-order valence-electron chi connectivity index (χ1n) is 4.67. The van der Waals surface area contributed by atoms with E-state index in [1.54, 1.807) is 0 Å². The van der Waals surface area contributed by atoms with Crippen molar-refractivity contribution in [2.24, 2.45) is 5.92 Å². The first-order valence-corrected chi connectivity index (χ1v) is 5.79. The van der Waals surface area contributed by atoms with Crippen LogP contribution < -0.4 is 4.74 Å². The van der Waals surface area contributed by atoms with E-state index in [0.29, 0.717) is 18.3 Å². The molecule has 0 aliphatic carbocycles. The van der Waals surface area contributed by atoms with Gasteiger partial charge in [0.25, 0.3) is 0 Å². The Morgan fingerprint density at radius 2 is 2.31 bits per heavy atom. The first-order chi connectivity index (χ1) is 7.54. The summed E-state index contributed by atoms with van der Waals surface area (Å²) in [5, 5.41) is 11.1. The number of halogens is 2. The second-order valence-corrected chi connectivity index (χ2v) is 4.09. The molecule has 0 radical (unpaired) electrons. The predicted octanol–water partition coefficient (Wildman–Crippen LogP) is 3.14. The van der Waals surface area contributed by atoms with E-state index in [1.165, 1.54) is 6.07 Å². The zero-order valence-electron chi connectivity index (χ0n) is 8.65. The third kappa shape index (κ3) is 3.44. The highest BCUT2D eigenvalue weighted by Crippen LogP contribution is 2.22. The third-order valence-corrected chi connectivity index (χ3v) is 3.02. The van der Waals surface area contributed by atoms with Crippen molar-refractivity contribution in [3.05, 3.63) is 34.1 Å². The largest absolute Gasteiger partial charge is 0.493 e. The van der Waals surface area contributed by atoms with Crippen molar-refractivity contribution < 1.29 is 14.1 Å². The average Bonchev–Trinajstić information content (AvgIpc) is 2.25. The van der Waals surface area contributed by atoms with Gasteiger partial charge in [-0.1, -0.05) is 22.9 Å². The lowest BCUT2D eigenvalue weighted by Gasteiger charge is -2.10. The maximum absolute atomic E-state index is 13.2. The highest BCUT2D eigenvalue weighted by atomic mass is 79.9. The van der Waals surface area contributed by atoms with Crippen molar-refractivity contribution in [2.45, 2.75) is 6.92 Å². The van der Waals surface area contributed by atoms with Crippen molar-refractivity contribution >= 4 is 21.6 Å². The molecular weight excluding hydrogens is 281 g/mol. The molecule has 0 N–H and O–H groups in total. The summed E-state index contributed by atoms with van der Waals surface area (Å²) in [6, 6.07) is 3.52. The summed E-state index contributed by atoms with van der Waals surface area (Å²) in [6.07, 6.45) is 0. The van der Waals surface area contributed by atoms with Crippen LogP contribution in [0.25, 0.3) is 0 Å². The number of nitro benzene ring substituents is 1. The second kappa shape index (κ2) is 5.79. The van der Waals surface area contributed by atoms with Crippen LogP contribution in [-0.4, -0.2) is 16.9 Å². The van der Waals surface area contributed by atoms with Gasteiger partial charge in [-0.2, -0.15) is 4.39 Å². The molecule has 1 rings (SSSR count). The van der Waals surface area contributed by atoms with Crippen LogP contribution in [0.1, 0.15) is 6.92 Å². The van der Waals surface area contributed by atoms with Crippen LogP contribution in [0.5, 0.6) is 5.75 Å². The van der Waals surface area contributed by atoms with E-state index in [4.69, 9.17) is 4.74 Å². The summed E-state index contributed by atoms with van der Waals surface area (Å²) < 4.78 is 18.5. The number of alkyl halides is 1. The summed E-state index contributed by atoms with van der Waals surface area (Å²) in [6.45, 7) is 2.40. The molecule has 4 nitrogen and oxygen atoms in total. The Morgan fingerprint density at radius 3 is 2.81 bits per heavy atom. The molecule has 0 saturated heterocycles. The van der Waals surface area contributed by atoms with E-state index >= 15 is 0 Å². The first kappa shape index (κ1) is 12.9. The van der Waals surface area contributed by atoms with Gasteiger partial charge in [0.1, 0.15) is 5.75 Å². The van der Waals surface area contributed by atoms with Crippen LogP contribution in [0.3, 0.4) is 0 Å². The molecule has 0 aromatic heterocycles. The fourth-order valence-electron chi connectivity index (χ4n) is 1.01. The van der Waals surface area contributed by atoms with Gasteiger partial charge in [-0.05, 0) is 12.0 Å². The van der Waals surface area contributed by atoms with Gasteiger partial charge in [0, 0.05) is 17.5 Å². The molecule has 1 unspecified atom stereocenters. The minimum absolute atomic E-state index is 0.290. The van der Waals surface area contributed by atoms with Gasteiger partial charge in [0.2, 0.25) is 5.82 Å². The number of nitrogens with zero attached hydrogens (tertiary/aromatic N) is 1. The number of nitro groups is 1.